The molecule has 9 heteroatoms. The number of hydrogen-bond acceptors (Lipinski definition) is 5. The van der Waals surface area contributed by atoms with Gasteiger partial charge in [0.2, 0.25) is 11.3 Å². The van der Waals surface area contributed by atoms with Crippen molar-refractivity contribution in [2.24, 2.45) is 0 Å². The Hall–Kier alpha value is -3.85. The van der Waals surface area contributed by atoms with Crippen LogP contribution >= 0.6 is 0 Å². The molecule has 4 rings (SSSR count). The van der Waals surface area contributed by atoms with Crippen LogP contribution in [0.4, 0.5) is 10.1 Å². The van der Waals surface area contributed by atoms with E-state index in [-0.39, 0.29) is 23.8 Å². The Bertz CT molecular complexity index is 1220. The number of nitrogens with one attached hydrogen (secondary N) is 1. The molecule has 1 saturated heterocycles. The third kappa shape index (κ3) is 5.15. The lowest BCUT2D eigenvalue weighted by Crippen LogP contribution is -2.51. The van der Waals surface area contributed by atoms with E-state index in [9.17, 15) is 18.8 Å². The molecule has 0 bridgehead atoms. The lowest BCUT2D eigenvalue weighted by atomic mass is 10.2. The molecule has 0 unspecified atom stereocenters. The van der Waals surface area contributed by atoms with Crippen LogP contribution in [0.15, 0.2) is 65.5 Å². The number of piperazine rings is 1. The van der Waals surface area contributed by atoms with Gasteiger partial charge in [0.1, 0.15) is 11.5 Å². The van der Waals surface area contributed by atoms with E-state index >= 15 is 0 Å². The number of anilines is 1. The molecular formula is C24H24FN5O3. The maximum Gasteiger partial charge on any atom is 0.278 e. The summed E-state index contributed by atoms with van der Waals surface area (Å²) in [4.78, 5) is 41.3. The molecule has 2 heterocycles. The molecular weight excluding hydrogens is 425 g/mol. The number of hydrogen-bond donors (Lipinski definition) is 1. The molecule has 3 aromatic rings. The highest BCUT2D eigenvalue weighted by molar-refractivity contribution is 5.93. The van der Waals surface area contributed by atoms with E-state index in [0.29, 0.717) is 31.9 Å². The molecule has 1 aromatic heterocycles. The van der Waals surface area contributed by atoms with Crippen LogP contribution in [0.3, 0.4) is 0 Å². The van der Waals surface area contributed by atoms with Crippen molar-refractivity contribution >= 4 is 17.5 Å². The van der Waals surface area contributed by atoms with Crippen LogP contribution in [-0.4, -0.2) is 64.1 Å². The summed E-state index contributed by atoms with van der Waals surface area (Å²) in [5, 5.41) is 7.03. The Balaban J connectivity index is 1.42. The third-order valence-electron chi connectivity index (χ3n) is 5.47. The molecule has 1 N–H and O–H groups in total. The van der Waals surface area contributed by atoms with E-state index in [0.717, 1.165) is 5.69 Å². The maximum absolute atomic E-state index is 14.3. The number of para-hydroxylation sites is 2. The van der Waals surface area contributed by atoms with E-state index < -0.39 is 17.2 Å². The van der Waals surface area contributed by atoms with Gasteiger partial charge in [0, 0.05) is 43.6 Å². The molecule has 0 atom stereocenters. The van der Waals surface area contributed by atoms with E-state index in [4.69, 9.17) is 0 Å². The fourth-order valence-electron chi connectivity index (χ4n) is 3.75. The van der Waals surface area contributed by atoms with Crippen molar-refractivity contribution in [1.29, 1.82) is 0 Å². The largest absolute Gasteiger partial charge is 0.335 e. The maximum atomic E-state index is 14.3. The molecule has 0 spiro atoms. The van der Waals surface area contributed by atoms with Gasteiger partial charge in [-0.2, -0.15) is 5.10 Å². The quantitative estimate of drug-likeness (QED) is 0.645. The molecule has 2 amide bonds. The average molecular weight is 449 g/mol. The second-order valence-corrected chi connectivity index (χ2v) is 7.84. The normalized spacial score (nSPS) is 14.2. The topological polar surface area (TPSA) is 87.5 Å². The average Bonchev–Trinajstić information content (AvgIpc) is 2.80. The summed E-state index contributed by atoms with van der Waals surface area (Å²) >= 11 is 0. The zero-order valence-corrected chi connectivity index (χ0v) is 18.2. The van der Waals surface area contributed by atoms with Gasteiger partial charge in [-0.15, -0.1) is 0 Å². The number of carbonyl (C=O) groups is 2. The highest BCUT2D eigenvalue weighted by Gasteiger charge is 2.26. The van der Waals surface area contributed by atoms with Gasteiger partial charge in [0.25, 0.3) is 5.91 Å². The number of carbonyl (C=O) groups excluding carboxylic acids is 2. The molecule has 1 aliphatic rings. The van der Waals surface area contributed by atoms with Gasteiger partial charge in [0.05, 0.1) is 6.54 Å². The Morgan fingerprint density at radius 1 is 1.00 bits per heavy atom. The van der Waals surface area contributed by atoms with Crippen molar-refractivity contribution in [1.82, 2.24) is 19.6 Å². The summed E-state index contributed by atoms with van der Waals surface area (Å²) in [6, 6.07) is 16.5. The minimum absolute atomic E-state index is 0.131. The molecule has 8 nitrogen and oxygen atoms in total. The summed E-state index contributed by atoms with van der Waals surface area (Å²) < 4.78 is 15.5. The summed E-state index contributed by atoms with van der Waals surface area (Å²) in [7, 11) is 0. The number of amides is 2. The van der Waals surface area contributed by atoms with Gasteiger partial charge in [0.15, 0.2) is 5.69 Å². The van der Waals surface area contributed by atoms with Crippen LogP contribution in [0.25, 0.3) is 5.69 Å². The first-order valence-electron chi connectivity index (χ1n) is 10.6. The lowest BCUT2D eigenvalue weighted by Gasteiger charge is -2.34. The zero-order valence-electron chi connectivity index (χ0n) is 18.2. The Morgan fingerprint density at radius 2 is 1.67 bits per heavy atom. The summed E-state index contributed by atoms with van der Waals surface area (Å²) in [6.07, 6.45) is 0. The molecule has 0 radical (unpaired) electrons. The van der Waals surface area contributed by atoms with Crippen molar-refractivity contribution in [3.05, 3.63) is 88.1 Å². The van der Waals surface area contributed by atoms with E-state index in [1.807, 2.05) is 35.2 Å². The van der Waals surface area contributed by atoms with Crippen molar-refractivity contribution in [2.75, 3.05) is 38.0 Å². The first-order chi connectivity index (χ1) is 15.9. The van der Waals surface area contributed by atoms with Crippen LogP contribution < -0.4 is 10.7 Å². The fourth-order valence-corrected chi connectivity index (χ4v) is 3.75. The number of halogens is 1. The Morgan fingerprint density at radius 3 is 2.36 bits per heavy atom. The van der Waals surface area contributed by atoms with Gasteiger partial charge in [-0.05, 0) is 31.2 Å². The molecule has 0 saturated carbocycles. The van der Waals surface area contributed by atoms with Gasteiger partial charge < -0.3 is 10.2 Å². The third-order valence-corrected chi connectivity index (χ3v) is 5.47. The molecule has 1 fully saturated rings. The van der Waals surface area contributed by atoms with E-state index in [1.165, 1.54) is 27.8 Å². The SMILES string of the molecule is Cc1cc(=O)c(C(=O)N2CCN(CC(=O)Nc3ccccc3)CC2)nn1-c1ccccc1F. The van der Waals surface area contributed by atoms with E-state index in [2.05, 4.69) is 10.4 Å². The summed E-state index contributed by atoms with van der Waals surface area (Å²) in [5.74, 6) is -1.13. The molecule has 0 aliphatic carbocycles. The van der Waals surface area contributed by atoms with Crippen LogP contribution in [0.5, 0.6) is 0 Å². The number of nitrogens with zero attached hydrogens (tertiary/aromatic N) is 4. The Kier molecular flexibility index (Phi) is 6.60. The smallest absolute Gasteiger partial charge is 0.278 e. The molecule has 1 aliphatic heterocycles. The Labute approximate surface area is 190 Å². The van der Waals surface area contributed by atoms with Crippen molar-refractivity contribution < 1.29 is 14.0 Å². The fraction of sp³-hybridized carbons (Fsp3) is 0.250. The molecule has 2 aromatic carbocycles. The number of rotatable bonds is 5. The second kappa shape index (κ2) is 9.74. The first-order valence-corrected chi connectivity index (χ1v) is 10.6. The summed E-state index contributed by atoms with van der Waals surface area (Å²) in [5.41, 5.74) is 0.566. The van der Waals surface area contributed by atoms with Gasteiger partial charge in [-0.3, -0.25) is 19.3 Å². The first kappa shape index (κ1) is 22.3. The number of aryl methyl sites for hydroxylation is 1. The second-order valence-electron chi connectivity index (χ2n) is 7.84. The van der Waals surface area contributed by atoms with Crippen molar-refractivity contribution in [3.63, 3.8) is 0 Å². The standard InChI is InChI=1S/C24H24FN5O3/c1-17-15-21(31)23(27-30(17)20-10-6-5-9-19(20)25)24(33)29-13-11-28(12-14-29)16-22(32)26-18-7-3-2-4-8-18/h2-10,15H,11-14,16H2,1H3,(H,26,32). The van der Waals surface area contributed by atoms with Crippen LogP contribution in [0, 0.1) is 12.7 Å². The minimum atomic E-state index is -0.505. The van der Waals surface area contributed by atoms with Crippen molar-refractivity contribution in [2.45, 2.75) is 6.92 Å². The van der Waals surface area contributed by atoms with Crippen LogP contribution in [0.1, 0.15) is 16.2 Å². The lowest BCUT2D eigenvalue weighted by molar-refractivity contribution is -0.117. The van der Waals surface area contributed by atoms with Gasteiger partial charge >= 0.3 is 0 Å². The molecule has 33 heavy (non-hydrogen) atoms. The number of benzene rings is 2. The van der Waals surface area contributed by atoms with Gasteiger partial charge in [-0.1, -0.05) is 30.3 Å². The monoisotopic (exact) mass is 449 g/mol. The van der Waals surface area contributed by atoms with E-state index in [1.54, 1.807) is 19.1 Å². The minimum Gasteiger partial charge on any atom is -0.335 e. The summed E-state index contributed by atoms with van der Waals surface area (Å²) in [6.45, 7) is 3.52. The highest BCUT2D eigenvalue weighted by Crippen LogP contribution is 2.14. The molecule has 170 valence electrons. The van der Waals surface area contributed by atoms with Crippen LogP contribution in [-0.2, 0) is 4.79 Å². The van der Waals surface area contributed by atoms with Gasteiger partial charge in [-0.25, -0.2) is 9.07 Å². The predicted octanol–water partition coefficient (Wildman–Crippen LogP) is 2.08. The highest BCUT2D eigenvalue weighted by atomic mass is 19.1. The number of aromatic nitrogens is 2. The van der Waals surface area contributed by atoms with Crippen molar-refractivity contribution in [3.8, 4) is 5.69 Å². The zero-order chi connectivity index (χ0) is 23.4. The van der Waals surface area contributed by atoms with Crippen LogP contribution in [0.2, 0.25) is 0 Å². The predicted molar refractivity (Wildman–Crippen MR) is 122 cm³/mol.